The summed E-state index contributed by atoms with van der Waals surface area (Å²) in [6.07, 6.45) is -4.44. The third-order valence-electron chi connectivity index (χ3n) is 3.43. The summed E-state index contributed by atoms with van der Waals surface area (Å²) in [7, 11) is 0. The molecule has 1 aliphatic heterocycles. The molecule has 1 saturated heterocycles. The maximum Gasteiger partial charge on any atom is 0.416 e. The third-order valence-corrected chi connectivity index (χ3v) is 3.65. The van der Waals surface area contributed by atoms with E-state index < -0.39 is 11.7 Å². The fourth-order valence-electron chi connectivity index (χ4n) is 2.28. The molecule has 1 aliphatic rings. The fourth-order valence-corrected chi connectivity index (χ4v) is 2.51. The Morgan fingerprint density at radius 1 is 1.38 bits per heavy atom. The number of hydrogen-bond acceptors (Lipinski definition) is 3. The first kappa shape index (κ1) is 16.4. The normalized spacial score (nSPS) is 20.5. The van der Waals surface area contributed by atoms with Crippen molar-refractivity contribution in [3.8, 4) is 0 Å². The van der Waals surface area contributed by atoms with E-state index in [1.807, 2.05) is 0 Å². The van der Waals surface area contributed by atoms with Crippen LogP contribution in [0.15, 0.2) is 18.2 Å². The minimum absolute atomic E-state index is 0.0352. The predicted molar refractivity (Wildman–Crippen MR) is 76.8 cm³/mol. The van der Waals surface area contributed by atoms with E-state index in [9.17, 15) is 13.2 Å². The van der Waals surface area contributed by atoms with Gasteiger partial charge in [0.1, 0.15) is 0 Å². The average molecular weight is 323 g/mol. The topological polar surface area (TPSA) is 24.5 Å². The van der Waals surface area contributed by atoms with Gasteiger partial charge in [0, 0.05) is 30.3 Å². The SMILES string of the molecule is CCN1CCOC(CNc2cc(Cl)cc(C(F)(F)F)c2)C1. The fraction of sp³-hybridized carbons (Fsp3) is 0.571. The number of nitrogens with one attached hydrogen (secondary N) is 1. The highest BCUT2D eigenvalue weighted by Gasteiger charge is 2.31. The van der Waals surface area contributed by atoms with Gasteiger partial charge < -0.3 is 10.1 Å². The predicted octanol–water partition coefficient (Wildman–Crippen LogP) is 3.49. The molecule has 1 atom stereocenters. The number of hydrogen-bond donors (Lipinski definition) is 1. The van der Waals surface area contributed by atoms with Crippen LogP contribution in [0, 0.1) is 0 Å². The number of ether oxygens (including phenoxy) is 1. The molecule has 1 heterocycles. The lowest BCUT2D eigenvalue weighted by atomic mass is 10.2. The zero-order valence-electron chi connectivity index (χ0n) is 11.7. The first-order valence-corrected chi connectivity index (χ1v) is 7.22. The molecule has 1 unspecified atom stereocenters. The van der Waals surface area contributed by atoms with Gasteiger partial charge in [-0.2, -0.15) is 13.2 Å². The second-order valence-electron chi connectivity index (χ2n) is 4.99. The number of rotatable bonds is 4. The van der Waals surface area contributed by atoms with Crippen LogP contribution in [0.3, 0.4) is 0 Å². The van der Waals surface area contributed by atoms with E-state index in [2.05, 4.69) is 17.1 Å². The van der Waals surface area contributed by atoms with Crippen molar-refractivity contribution in [1.29, 1.82) is 0 Å². The molecular weight excluding hydrogens is 305 g/mol. The molecule has 0 aromatic heterocycles. The van der Waals surface area contributed by atoms with Gasteiger partial charge in [-0.3, -0.25) is 4.90 Å². The Labute approximate surface area is 127 Å². The van der Waals surface area contributed by atoms with Gasteiger partial charge in [-0.05, 0) is 24.7 Å². The molecule has 1 fully saturated rings. The van der Waals surface area contributed by atoms with E-state index in [0.717, 1.165) is 31.8 Å². The Bertz CT molecular complexity index is 482. The number of alkyl halides is 3. The minimum Gasteiger partial charge on any atom is -0.382 e. The van der Waals surface area contributed by atoms with Crippen molar-refractivity contribution in [2.24, 2.45) is 0 Å². The maximum absolute atomic E-state index is 12.7. The molecule has 0 spiro atoms. The van der Waals surface area contributed by atoms with Crippen molar-refractivity contribution < 1.29 is 17.9 Å². The van der Waals surface area contributed by atoms with Gasteiger partial charge in [-0.15, -0.1) is 0 Å². The van der Waals surface area contributed by atoms with Crippen LogP contribution in [0.5, 0.6) is 0 Å². The van der Waals surface area contributed by atoms with Crippen molar-refractivity contribution in [3.05, 3.63) is 28.8 Å². The zero-order valence-corrected chi connectivity index (χ0v) is 12.5. The van der Waals surface area contributed by atoms with Gasteiger partial charge in [0.05, 0.1) is 18.3 Å². The molecule has 0 radical (unpaired) electrons. The Balaban J connectivity index is 1.98. The van der Waals surface area contributed by atoms with Crippen molar-refractivity contribution in [1.82, 2.24) is 4.90 Å². The Kier molecular flexibility index (Phi) is 5.35. The van der Waals surface area contributed by atoms with E-state index in [0.29, 0.717) is 18.8 Å². The van der Waals surface area contributed by atoms with Gasteiger partial charge >= 0.3 is 6.18 Å². The largest absolute Gasteiger partial charge is 0.416 e. The summed E-state index contributed by atoms with van der Waals surface area (Å²) in [5.41, 5.74) is -0.399. The molecule has 0 amide bonds. The van der Waals surface area contributed by atoms with Crippen LogP contribution in [0.4, 0.5) is 18.9 Å². The van der Waals surface area contributed by atoms with Crippen molar-refractivity contribution in [2.75, 3.05) is 38.1 Å². The van der Waals surface area contributed by atoms with E-state index >= 15 is 0 Å². The second kappa shape index (κ2) is 6.85. The number of likely N-dealkylation sites (N-methyl/N-ethyl adjacent to an activating group) is 1. The van der Waals surface area contributed by atoms with Crippen molar-refractivity contribution >= 4 is 17.3 Å². The first-order chi connectivity index (χ1) is 9.88. The van der Waals surface area contributed by atoms with Gasteiger partial charge in [0.2, 0.25) is 0 Å². The smallest absolute Gasteiger partial charge is 0.382 e. The number of anilines is 1. The molecule has 1 aromatic carbocycles. The van der Waals surface area contributed by atoms with Crippen LogP contribution in [0.25, 0.3) is 0 Å². The standard InChI is InChI=1S/C14H18ClF3N2O/c1-2-20-3-4-21-13(9-20)8-19-12-6-10(14(16,17)18)5-11(15)7-12/h5-7,13,19H,2-4,8-9H2,1H3. The number of benzene rings is 1. The van der Waals surface area contributed by atoms with Crippen LogP contribution >= 0.6 is 11.6 Å². The van der Waals surface area contributed by atoms with Crippen LogP contribution in [0.2, 0.25) is 5.02 Å². The molecule has 1 N–H and O–H groups in total. The first-order valence-electron chi connectivity index (χ1n) is 6.84. The summed E-state index contributed by atoms with van der Waals surface area (Å²) in [6.45, 7) is 5.77. The highest BCUT2D eigenvalue weighted by molar-refractivity contribution is 6.30. The molecule has 7 heteroatoms. The molecule has 0 aliphatic carbocycles. The Morgan fingerprint density at radius 2 is 2.14 bits per heavy atom. The van der Waals surface area contributed by atoms with Gasteiger partial charge in [0.25, 0.3) is 0 Å². The number of halogens is 4. The summed E-state index contributed by atoms with van der Waals surface area (Å²) >= 11 is 5.74. The summed E-state index contributed by atoms with van der Waals surface area (Å²) in [5, 5.41) is 3.04. The summed E-state index contributed by atoms with van der Waals surface area (Å²) in [6, 6.07) is 3.46. The van der Waals surface area contributed by atoms with E-state index in [4.69, 9.17) is 16.3 Å². The Morgan fingerprint density at radius 3 is 2.81 bits per heavy atom. The van der Waals surface area contributed by atoms with E-state index in [1.165, 1.54) is 6.07 Å². The van der Waals surface area contributed by atoms with Crippen LogP contribution in [0.1, 0.15) is 12.5 Å². The van der Waals surface area contributed by atoms with E-state index in [-0.39, 0.29) is 11.1 Å². The van der Waals surface area contributed by atoms with Gasteiger partial charge in [0.15, 0.2) is 0 Å². The second-order valence-corrected chi connectivity index (χ2v) is 5.43. The minimum atomic E-state index is -4.40. The third kappa shape index (κ3) is 4.76. The molecule has 0 saturated carbocycles. The molecule has 1 aromatic rings. The maximum atomic E-state index is 12.7. The zero-order chi connectivity index (χ0) is 15.5. The summed E-state index contributed by atoms with van der Waals surface area (Å²) < 4.78 is 43.8. The summed E-state index contributed by atoms with van der Waals surface area (Å²) in [5.74, 6) is 0. The highest BCUT2D eigenvalue weighted by Crippen LogP contribution is 2.33. The molecule has 2 rings (SSSR count). The van der Waals surface area contributed by atoms with Gasteiger partial charge in [-0.25, -0.2) is 0 Å². The number of nitrogens with zero attached hydrogens (tertiary/aromatic N) is 1. The molecule has 118 valence electrons. The molecule has 0 bridgehead atoms. The highest BCUT2D eigenvalue weighted by atomic mass is 35.5. The van der Waals surface area contributed by atoms with Crippen molar-refractivity contribution in [3.63, 3.8) is 0 Å². The molecule has 21 heavy (non-hydrogen) atoms. The lowest BCUT2D eigenvalue weighted by Gasteiger charge is -2.32. The monoisotopic (exact) mass is 322 g/mol. The molecular formula is C14H18ClF3N2O. The van der Waals surface area contributed by atoms with Crippen LogP contribution in [-0.4, -0.2) is 43.8 Å². The van der Waals surface area contributed by atoms with Crippen LogP contribution < -0.4 is 5.32 Å². The lowest BCUT2D eigenvalue weighted by molar-refractivity contribution is -0.137. The van der Waals surface area contributed by atoms with Gasteiger partial charge in [-0.1, -0.05) is 18.5 Å². The quantitative estimate of drug-likeness (QED) is 0.918. The van der Waals surface area contributed by atoms with Crippen LogP contribution in [-0.2, 0) is 10.9 Å². The molecule has 3 nitrogen and oxygen atoms in total. The Hall–Kier alpha value is -0.980. The van der Waals surface area contributed by atoms with Crippen molar-refractivity contribution in [2.45, 2.75) is 19.2 Å². The van der Waals surface area contributed by atoms with E-state index in [1.54, 1.807) is 0 Å². The lowest BCUT2D eigenvalue weighted by Crippen LogP contribution is -2.45. The number of morpholine rings is 1. The summed E-state index contributed by atoms with van der Waals surface area (Å²) in [4.78, 5) is 2.25. The average Bonchev–Trinajstić information content (AvgIpc) is 2.44.